The lowest BCUT2D eigenvalue weighted by Crippen LogP contribution is -2.12. The second-order valence-electron chi connectivity index (χ2n) is 1.70. The molecule has 1 heterocycles. The zero-order chi connectivity index (χ0) is 5.11. The third-order valence-electron chi connectivity index (χ3n) is 1.14. The SMILES string of the molecule is FO[C@@H]1CCNC1. The van der Waals surface area contributed by atoms with Gasteiger partial charge in [-0.3, -0.25) is 0 Å². The van der Waals surface area contributed by atoms with Crippen LogP contribution in [-0.4, -0.2) is 19.2 Å². The van der Waals surface area contributed by atoms with E-state index >= 15 is 0 Å². The molecular formula is C4H8FNO. The fourth-order valence-corrected chi connectivity index (χ4v) is 0.704. The van der Waals surface area contributed by atoms with Crippen molar-refractivity contribution in [1.82, 2.24) is 5.32 Å². The van der Waals surface area contributed by atoms with Gasteiger partial charge in [0, 0.05) is 6.54 Å². The summed E-state index contributed by atoms with van der Waals surface area (Å²) in [7, 11) is 0. The fourth-order valence-electron chi connectivity index (χ4n) is 0.704. The van der Waals surface area contributed by atoms with Crippen molar-refractivity contribution in [3.8, 4) is 0 Å². The van der Waals surface area contributed by atoms with Gasteiger partial charge in [0.05, 0.1) is 0 Å². The molecule has 0 bridgehead atoms. The molecular weight excluding hydrogens is 97.0 g/mol. The molecule has 0 unspecified atom stereocenters. The van der Waals surface area contributed by atoms with E-state index in [1.54, 1.807) is 0 Å². The lowest BCUT2D eigenvalue weighted by Gasteiger charge is -1.95. The van der Waals surface area contributed by atoms with Crippen LogP contribution in [0.2, 0.25) is 0 Å². The number of hydrogen-bond acceptors (Lipinski definition) is 2. The number of hydrogen-bond donors (Lipinski definition) is 1. The first kappa shape index (κ1) is 5.00. The summed E-state index contributed by atoms with van der Waals surface area (Å²) < 4.78 is 11.2. The summed E-state index contributed by atoms with van der Waals surface area (Å²) >= 11 is 0. The van der Waals surface area contributed by atoms with E-state index in [1.165, 1.54) is 0 Å². The predicted octanol–water partition coefficient (Wildman–Crippen LogP) is 0.249. The van der Waals surface area contributed by atoms with Crippen molar-refractivity contribution < 1.29 is 9.47 Å². The van der Waals surface area contributed by atoms with Crippen LogP contribution >= 0.6 is 0 Å². The Kier molecular flexibility index (Phi) is 1.59. The Morgan fingerprint density at radius 3 is 2.86 bits per heavy atom. The first-order valence-corrected chi connectivity index (χ1v) is 2.41. The van der Waals surface area contributed by atoms with Gasteiger partial charge < -0.3 is 5.32 Å². The second kappa shape index (κ2) is 2.23. The van der Waals surface area contributed by atoms with Gasteiger partial charge in [-0.2, -0.15) is 4.94 Å². The average molecular weight is 105 g/mol. The van der Waals surface area contributed by atoms with E-state index in [1.807, 2.05) is 0 Å². The molecule has 7 heavy (non-hydrogen) atoms. The van der Waals surface area contributed by atoms with Gasteiger partial charge in [0.1, 0.15) is 6.10 Å². The first-order chi connectivity index (χ1) is 3.43. The highest BCUT2D eigenvalue weighted by molar-refractivity contribution is 4.68. The van der Waals surface area contributed by atoms with E-state index in [0.29, 0.717) is 6.54 Å². The molecule has 1 rings (SSSR count). The number of rotatable bonds is 1. The standard InChI is InChI=1S/C4H8FNO/c5-7-4-1-2-6-3-4/h4,6H,1-3H2/t4-/m1/s1. The summed E-state index contributed by atoms with van der Waals surface area (Å²) in [6, 6.07) is 0. The van der Waals surface area contributed by atoms with Gasteiger partial charge in [-0.15, -0.1) is 0 Å². The predicted molar refractivity (Wildman–Crippen MR) is 23.5 cm³/mol. The third-order valence-corrected chi connectivity index (χ3v) is 1.14. The molecule has 42 valence electrons. The third kappa shape index (κ3) is 1.11. The Labute approximate surface area is 41.6 Å². The van der Waals surface area contributed by atoms with Crippen molar-refractivity contribution in [3.63, 3.8) is 0 Å². The quantitative estimate of drug-likeness (QED) is 0.516. The van der Waals surface area contributed by atoms with Gasteiger partial charge in [-0.05, 0) is 17.5 Å². The Morgan fingerprint density at radius 2 is 2.57 bits per heavy atom. The largest absolute Gasteiger partial charge is 0.314 e. The molecule has 0 aromatic heterocycles. The van der Waals surface area contributed by atoms with Crippen LogP contribution in [0.15, 0.2) is 0 Å². The summed E-state index contributed by atoms with van der Waals surface area (Å²) in [5.41, 5.74) is 0. The smallest absolute Gasteiger partial charge is 0.112 e. The molecule has 0 aromatic carbocycles. The molecule has 1 N–H and O–H groups in total. The maximum atomic E-state index is 11.2. The van der Waals surface area contributed by atoms with Crippen LogP contribution in [-0.2, 0) is 4.94 Å². The molecule has 1 saturated heterocycles. The molecule has 0 amide bonds. The van der Waals surface area contributed by atoms with Crippen LogP contribution in [0.5, 0.6) is 0 Å². The molecule has 0 radical (unpaired) electrons. The molecule has 0 aliphatic carbocycles. The van der Waals surface area contributed by atoms with E-state index < -0.39 is 0 Å². The van der Waals surface area contributed by atoms with Gasteiger partial charge in [0.15, 0.2) is 0 Å². The van der Waals surface area contributed by atoms with E-state index in [0.717, 1.165) is 13.0 Å². The van der Waals surface area contributed by atoms with Crippen LogP contribution in [0.3, 0.4) is 0 Å². The van der Waals surface area contributed by atoms with Crippen molar-refractivity contribution in [1.29, 1.82) is 0 Å². The van der Waals surface area contributed by atoms with Crippen molar-refractivity contribution in [2.75, 3.05) is 13.1 Å². The Hall–Kier alpha value is -0.150. The van der Waals surface area contributed by atoms with Crippen LogP contribution in [0.1, 0.15) is 6.42 Å². The Bertz CT molecular complexity index is 53.7. The normalized spacial score (nSPS) is 31.3. The summed E-state index contributed by atoms with van der Waals surface area (Å²) in [5.74, 6) is 0. The molecule has 0 saturated carbocycles. The van der Waals surface area contributed by atoms with Crippen molar-refractivity contribution in [2.24, 2.45) is 0 Å². The topological polar surface area (TPSA) is 21.3 Å². The Balaban J connectivity index is 2.14. The van der Waals surface area contributed by atoms with Gasteiger partial charge in [0.2, 0.25) is 0 Å². The van der Waals surface area contributed by atoms with E-state index in [2.05, 4.69) is 10.3 Å². The highest BCUT2D eigenvalue weighted by Gasteiger charge is 2.14. The molecule has 0 spiro atoms. The van der Waals surface area contributed by atoms with Gasteiger partial charge in [0.25, 0.3) is 0 Å². The lowest BCUT2D eigenvalue weighted by atomic mass is 10.3. The maximum absolute atomic E-state index is 11.2. The summed E-state index contributed by atoms with van der Waals surface area (Å²) in [6.45, 7) is 1.55. The van der Waals surface area contributed by atoms with Crippen molar-refractivity contribution in [3.05, 3.63) is 0 Å². The lowest BCUT2D eigenvalue weighted by molar-refractivity contribution is -0.171. The molecule has 1 fully saturated rings. The van der Waals surface area contributed by atoms with E-state index in [-0.39, 0.29) is 6.10 Å². The van der Waals surface area contributed by atoms with Crippen LogP contribution in [0, 0.1) is 0 Å². The molecule has 1 atom stereocenters. The monoisotopic (exact) mass is 105 g/mol. The minimum atomic E-state index is -0.181. The number of halogens is 1. The average Bonchev–Trinajstić information content (AvgIpc) is 2.14. The van der Waals surface area contributed by atoms with Crippen molar-refractivity contribution in [2.45, 2.75) is 12.5 Å². The Morgan fingerprint density at radius 1 is 1.71 bits per heavy atom. The molecule has 0 aromatic rings. The highest BCUT2D eigenvalue weighted by Crippen LogP contribution is 2.01. The zero-order valence-corrected chi connectivity index (χ0v) is 3.98. The maximum Gasteiger partial charge on any atom is 0.112 e. The van der Waals surface area contributed by atoms with Gasteiger partial charge >= 0.3 is 0 Å². The van der Waals surface area contributed by atoms with E-state index in [4.69, 9.17) is 0 Å². The minimum Gasteiger partial charge on any atom is -0.314 e. The number of nitrogens with one attached hydrogen (secondary N) is 1. The van der Waals surface area contributed by atoms with Gasteiger partial charge in [-0.25, -0.2) is 0 Å². The summed E-state index contributed by atoms with van der Waals surface area (Å²) in [5, 5.41) is 2.96. The van der Waals surface area contributed by atoms with Gasteiger partial charge in [-0.1, -0.05) is 0 Å². The van der Waals surface area contributed by atoms with E-state index in [9.17, 15) is 4.53 Å². The molecule has 3 heteroatoms. The van der Waals surface area contributed by atoms with Crippen LogP contribution < -0.4 is 5.32 Å². The zero-order valence-electron chi connectivity index (χ0n) is 3.98. The molecule has 2 nitrogen and oxygen atoms in total. The fraction of sp³-hybridized carbons (Fsp3) is 1.00. The highest BCUT2D eigenvalue weighted by atomic mass is 19.3. The van der Waals surface area contributed by atoms with Crippen LogP contribution in [0.4, 0.5) is 4.53 Å². The van der Waals surface area contributed by atoms with Crippen molar-refractivity contribution >= 4 is 0 Å². The van der Waals surface area contributed by atoms with Crippen LogP contribution in [0.25, 0.3) is 0 Å². The summed E-state index contributed by atoms with van der Waals surface area (Å²) in [4.78, 5) is 3.55. The molecule has 1 aliphatic rings. The summed E-state index contributed by atoms with van der Waals surface area (Å²) in [6.07, 6.45) is 0.622. The first-order valence-electron chi connectivity index (χ1n) is 2.41. The molecule has 1 aliphatic heterocycles. The minimum absolute atomic E-state index is 0.181. The second-order valence-corrected chi connectivity index (χ2v) is 1.70.